The van der Waals surface area contributed by atoms with Crippen molar-refractivity contribution in [1.29, 1.82) is 0 Å². The topological polar surface area (TPSA) is 90.0 Å². The quantitative estimate of drug-likeness (QED) is 0.689. The van der Waals surface area contributed by atoms with Crippen LogP contribution in [0.5, 0.6) is 0 Å². The van der Waals surface area contributed by atoms with Crippen molar-refractivity contribution in [2.75, 3.05) is 11.1 Å². The van der Waals surface area contributed by atoms with Crippen LogP contribution < -0.4 is 11.1 Å². The van der Waals surface area contributed by atoms with Crippen molar-refractivity contribution in [1.82, 2.24) is 8.96 Å². The third-order valence-corrected chi connectivity index (χ3v) is 5.76. The summed E-state index contributed by atoms with van der Waals surface area (Å²) in [6.07, 6.45) is 2.97. The number of rotatable bonds is 4. The predicted molar refractivity (Wildman–Crippen MR) is 99.6 cm³/mol. The normalized spacial score (nSPS) is 12.0. The second-order valence-corrected chi connectivity index (χ2v) is 8.35. The van der Waals surface area contributed by atoms with Gasteiger partial charge in [0, 0.05) is 16.7 Å². The summed E-state index contributed by atoms with van der Waals surface area (Å²) in [7, 11) is -3.75. The smallest absolute Gasteiger partial charge is 0.269 e. The highest BCUT2D eigenvalue weighted by molar-refractivity contribution is 9.10. The molecule has 0 aliphatic carbocycles. The van der Waals surface area contributed by atoms with Crippen LogP contribution in [0.4, 0.5) is 11.4 Å². The van der Waals surface area contributed by atoms with Crippen LogP contribution in [0.1, 0.15) is 13.8 Å². The number of nitrogen functional groups attached to an aromatic ring is 1. The van der Waals surface area contributed by atoms with E-state index in [1.54, 1.807) is 30.3 Å². The lowest BCUT2D eigenvalue weighted by Crippen LogP contribution is -2.14. The molecule has 0 aliphatic heterocycles. The zero-order valence-corrected chi connectivity index (χ0v) is 15.6. The van der Waals surface area contributed by atoms with Gasteiger partial charge in [-0.05, 0) is 41.9 Å². The maximum absolute atomic E-state index is 12.9. The Labute approximate surface area is 148 Å². The van der Waals surface area contributed by atoms with Crippen LogP contribution in [-0.2, 0) is 10.0 Å². The molecule has 0 bridgehead atoms. The van der Waals surface area contributed by atoms with E-state index < -0.39 is 10.0 Å². The van der Waals surface area contributed by atoms with Gasteiger partial charge in [0.15, 0.2) is 5.65 Å². The van der Waals surface area contributed by atoms with Crippen LogP contribution in [0.2, 0.25) is 0 Å². The summed E-state index contributed by atoms with van der Waals surface area (Å²) < 4.78 is 27.6. The van der Waals surface area contributed by atoms with E-state index in [0.29, 0.717) is 26.9 Å². The van der Waals surface area contributed by atoms with Crippen molar-refractivity contribution in [3.63, 3.8) is 0 Å². The molecule has 126 valence electrons. The molecular formula is C16H17BrN4O2S. The molecule has 0 unspecified atom stereocenters. The van der Waals surface area contributed by atoms with Gasteiger partial charge < -0.3 is 11.1 Å². The summed E-state index contributed by atoms with van der Waals surface area (Å²) in [5.41, 5.74) is 7.49. The minimum absolute atomic E-state index is 0.138. The van der Waals surface area contributed by atoms with E-state index in [-0.39, 0.29) is 10.9 Å². The molecule has 0 radical (unpaired) electrons. The van der Waals surface area contributed by atoms with Crippen LogP contribution in [0.3, 0.4) is 0 Å². The van der Waals surface area contributed by atoms with Gasteiger partial charge in [-0.25, -0.2) is 17.4 Å². The first-order chi connectivity index (χ1) is 11.3. The van der Waals surface area contributed by atoms with Crippen molar-refractivity contribution in [2.24, 2.45) is 0 Å². The first-order valence-electron chi connectivity index (χ1n) is 7.34. The molecule has 3 aromatic rings. The number of nitrogens with two attached hydrogens (primary N) is 1. The molecule has 8 heteroatoms. The Bertz CT molecular complexity index is 998. The van der Waals surface area contributed by atoms with Crippen LogP contribution in [0, 0.1) is 0 Å². The van der Waals surface area contributed by atoms with Gasteiger partial charge in [0.2, 0.25) is 0 Å². The van der Waals surface area contributed by atoms with Gasteiger partial charge in [0.1, 0.15) is 0 Å². The molecule has 24 heavy (non-hydrogen) atoms. The number of nitrogens with zero attached hydrogens (tertiary/aromatic N) is 2. The second-order valence-electron chi connectivity index (χ2n) is 5.68. The highest BCUT2D eigenvalue weighted by Gasteiger charge is 2.24. The zero-order chi connectivity index (χ0) is 17.5. The Morgan fingerprint density at radius 3 is 2.54 bits per heavy atom. The molecule has 0 spiro atoms. The minimum atomic E-state index is -3.75. The number of nitrogens with one attached hydrogen (secondary N) is 1. The van der Waals surface area contributed by atoms with Crippen molar-refractivity contribution in [3.8, 4) is 0 Å². The van der Waals surface area contributed by atoms with Gasteiger partial charge in [-0.1, -0.05) is 18.2 Å². The summed E-state index contributed by atoms with van der Waals surface area (Å²) in [5.74, 6) is 0. The Balaban J connectivity index is 2.29. The average molecular weight is 409 g/mol. The van der Waals surface area contributed by atoms with E-state index in [0.717, 1.165) is 0 Å². The van der Waals surface area contributed by atoms with E-state index in [1.807, 2.05) is 13.8 Å². The van der Waals surface area contributed by atoms with E-state index in [9.17, 15) is 8.42 Å². The minimum Gasteiger partial charge on any atom is -0.396 e. The monoisotopic (exact) mass is 408 g/mol. The lowest BCUT2D eigenvalue weighted by Gasteiger charge is -2.14. The third-order valence-electron chi connectivity index (χ3n) is 3.50. The Morgan fingerprint density at radius 2 is 1.92 bits per heavy atom. The summed E-state index contributed by atoms with van der Waals surface area (Å²) >= 11 is 3.44. The lowest BCUT2D eigenvalue weighted by atomic mass is 10.2. The van der Waals surface area contributed by atoms with Crippen molar-refractivity contribution in [2.45, 2.75) is 24.8 Å². The predicted octanol–water partition coefficient (Wildman–Crippen LogP) is 3.44. The number of benzene rings is 1. The van der Waals surface area contributed by atoms with Crippen molar-refractivity contribution >= 4 is 48.4 Å². The fourth-order valence-electron chi connectivity index (χ4n) is 2.47. The number of halogens is 1. The van der Waals surface area contributed by atoms with Crippen molar-refractivity contribution < 1.29 is 8.42 Å². The highest BCUT2D eigenvalue weighted by Crippen LogP contribution is 2.37. The summed E-state index contributed by atoms with van der Waals surface area (Å²) in [6.45, 7) is 3.97. The molecule has 0 amide bonds. The molecule has 3 rings (SSSR count). The van der Waals surface area contributed by atoms with Crippen molar-refractivity contribution in [3.05, 3.63) is 47.2 Å². The lowest BCUT2D eigenvalue weighted by molar-refractivity contribution is 0.588. The number of pyridine rings is 1. The molecule has 0 fully saturated rings. The molecule has 1 aromatic carbocycles. The van der Waals surface area contributed by atoms with E-state index in [1.165, 1.54) is 16.4 Å². The zero-order valence-electron chi connectivity index (χ0n) is 13.2. The van der Waals surface area contributed by atoms with Gasteiger partial charge >= 0.3 is 0 Å². The SMILES string of the molecule is CC(C)Nc1c(N)cnc2c1c(Br)cn2S(=O)(=O)c1ccccc1. The number of fused-ring (bicyclic) bond motifs is 1. The van der Waals surface area contributed by atoms with E-state index >= 15 is 0 Å². The average Bonchev–Trinajstić information content (AvgIpc) is 2.88. The fourth-order valence-corrected chi connectivity index (χ4v) is 4.53. The molecule has 2 heterocycles. The molecule has 0 saturated heterocycles. The van der Waals surface area contributed by atoms with Gasteiger partial charge in [-0.2, -0.15) is 0 Å². The fraction of sp³-hybridized carbons (Fsp3) is 0.188. The van der Waals surface area contributed by atoms with Gasteiger partial charge in [0.25, 0.3) is 10.0 Å². The maximum Gasteiger partial charge on any atom is 0.269 e. The van der Waals surface area contributed by atoms with Crippen LogP contribution >= 0.6 is 15.9 Å². The molecular weight excluding hydrogens is 392 g/mol. The number of aromatic nitrogens is 2. The first-order valence-corrected chi connectivity index (χ1v) is 9.58. The number of anilines is 2. The first kappa shape index (κ1) is 16.8. The Morgan fingerprint density at radius 1 is 1.25 bits per heavy atom. The Kier molecular flexibility index (Phi) is 4.27. The largest absolute Gasteiger partial charge is 0.396 e. The molecule has 3 N–H and O–H groups in total. The number of hydrogen-bond donors (Lipinski definition) is 2. The van der Waals surface area contributed by atoms with E-state index in [4.69, 9.17) is 5.73 Å². The summed E-state index contributed by atoms with van der Waals surface area (Å²) in [4.78, 5) is 4.45. The third kappa shape index (κ3) is 2.76. The molecule has 6 nitrogen and oxygen atoms in total. The Hall–Kier alpha value is -2.06. The second kappa shape index (κ2) is 6.10. The highest BCUT2D eigenvalue weighted by atomic mass is 79.9. The molecule has 0 aliphatic rings. The van der Waals surface area contributed by atoms with Crippen LogP contribution in [-0.4, -0.2) is 23.4 Å². The molecule has 0 atom stereocenters. The molecule has 0 saturated carbocycles. The van der Waals surface area contributed by atoms with Gasteiger partial charge in [0.05, 0.1) is 27.9 Å². The summed E-state index contributed by atoms with van der Waals surface area (Å²) in [6, 6.07) is 8.39. The molecule has 2 aromatic heterocycles. The summed E-state index contributed by atoms with van der Waals surface area (Å²) in [5, 5.41) is 3.90. The van der Waals surface area contributed by atoms with Gasteiger partial charge in [-0.3, -0.25) is 0 Å². The van der Waals surface area contributed by atoms with Crippen LogP contribution in [0.25, 0.3) is 11.0 Å². The maximum atomic E-state index is 12.9. The number of hydrogen-bond acceptors (Lipinski definition) is 5. The van der Waals surface area contributed by atoms with E-state index in [2.05, 4.69) is 26.2 Å². The van der Waals surface area contributed by atoms with Crippen LogP contribution in [0.15, 0.2) is 52.1 Å². The van der Waals surface area contributed by atoms with Gasteiger partial charge in [-0.15, -0.1) is 0 Å². The standard InChI is InChI=1S/C16H17BrN4O2S/c1-10(2)20-15-13(18)8-19-16-14(15)12(17)9-21(16)24(22,23)11-6-4-3-5-7-11/h3-10H,18H2,1-2H3,(H,19,20).